The number of nitrogens with one attached hydrogen (secondary N) is 1. The lowest BCUT2D eigenvalue weighted by molar-refractivity contribution is 0.0948. The maximum atomic E-state index is 12.6. The molecule has 0 unspecified atom stereocenters. The second-order valence-corrected chi connectivity index (χ2v) is 6.93. The van der Waals surface area contributed by atoms with E-state index >= 15 is 0 Å². The van der Waals surface area contributed by atoms with Crippen molar-refractivity contribution >= 4 is 33.4 Å². The molecule has 0 bridgehead atoms. The predicted octanol–water partition coefficient (Wildman–Crippen LogP) is 2.27. The molecule has 10 nitrogen and oxygen atoms in total. The molecular weight excluding hydrogens is 416 g/mol. The summed E-state index contributed by atoms with van der Waals surface area (Å²) in [5, 5.41) is 19.3. The van der Waals surface area contributed by atoms with Crippen LogP contribution >= 0.6 is 15.9 Å². The molecule has 0 aliphatic carbocycles. The molecule has 0 spiro atoms. The SMILES string of the molecule is CC(=NNC(=O)c1nnn(-c2nonc2N)c1C(C)C)c1cccc(Br)c1. The van der Waals surface area contributed by atoms with Gasteiger partial charge in [0, 0.05) is 4.47 Å². The highest BCUT2D eigenvalue weighted by molar-refractivity contribution is 9.10. The van der Waals surface area contributed by atoms with E-state index in [1.165, 1.54) is 4.68 Å². The number of anilines is 1. The standard InChI is InChI=1S/C16H17BrN8O2/c1-8(2)13-12(20-24-25(13)15-14(18)22-27-23-15)16(26)21-19-9(3)10-5-4-6-11(17)7-10/h4-8H,1-3H3,(H2,18,22)(H,21,26). The van der Waals surface area contributed by atoms with Gasteiger partial charge in [-0.25, -0.2) is 10.1 Å². The van der Waals surface area contributed by atoms with E-state index in [4.69, 9.17) is 5.73 Å². The Balaban J connectivity index is 1.88. The highest BCUT2D eigenvalue weighted by atomic mass is 79.9. The van der Waals surface area contributed by atoms with Crippen molar-refractivity contribution in [3.8, 4) is 5.82 Å². The van der Waals surface area contributed by atoms with E-state index in [0.29, 0.717) is 11.4 Å². The maximum Gasteiger partial charge on any atom is 0.293 e. The highest BCUT2D eigenvalue weighted by Gasteiger charge is 2.25. The monoisotopic (exact) mass is 432 g/mol. The van der Waals surface area contributed by atoms with Gasteiger partial charge in [0.15, 0.2) is 5.69 Å². The number of carbonyl (C=O) groups is 1. The van der Waals surface area contributed by atoms with Crippen molar-refractivity contribution < 1.29 is 9.42 Å². The minimum atomic E-state index is -0.491. The fourth-order valence-corrected chi connectivity index (χ4v) is 2.83. The molecule has 2 heterocycles. The highest BCUT2D eigenvalue weighted by Crippen LogP contribution is 2.22. The fourth-order valence-electron chi connectivity index (χ4n) is 2.43. The summed E-state index contributed by atoms with van der Waals surface area (Å²) in [7, 11) is 0. The Hall–Kier alpha value is -3.08. The third-order valence-corrected chi connectivity index (χ3v) is 4.22. The summed E-state index contributed by atoms with van der Waals surface area (Å²) in [6, 6.07) is 7.60. The van der Waals surface area contributed by atoms with Gasteiger partial charge in [0.1, 0.15) is 0 Å². The van der Waals surface area contributed by atoms with Gasteiger partial charge in [-0.05, 0) is 40.9 Å². The number of aromatic nitrogens is 5. The molecule has 27 heavy (non-hydrogen) atoms. The first-order valence-corrected chi connectivity index (χ1v) is 8.82. The van der Waals surface area contributed by atoms with Crippen molar-refractivity contribution in [2.24, 2.45) is 5.10 Å². The number of nitrogens with two attached hydrogens (primary N) is 1. The zero-order valence-electron chi connectivity index (χ0n) is 14.8. The first-order valence-electron chi connectivity index (χ1n) is 8.03. The van der Waals surface area contributed by atoms with Crippen molar-refractivity contribution in [3.63, 3.8) is 0 Å². The van der Waals surface area contributed by atoms with E-state index in [2.05, 4.69) is 51.7 Å². The van der Waals surface area contributed by atoms with E-state index in [1.54, 1.807) is 6.92 Å². The number of hydrogen-bond donors (Lipinski definition) is 2. The second-order valence-electron chi connectivity index (χ2n) is 6.01. The van der Waals surface area contributed by atoms with Gasteiger partial charge >= 0.3 is 0 Å². The number of amides is 1. The minimum Gasteiger partial charge on any atom is -0.378 e. The molecule has 0 saturated carbocycles. The van der Waals surface area contributed by atoms with Gasteiger partial charge in [-0.3, -0.25) is 4.79 Å². The number of rotatable bonds is 5. The molecule has 3 rings (SSSR count). The first kappa shape index (κ1) is 18.7. The van der Waals surface area contributed by atoms with Crippen molar-refractivity contribution in [1.29, 1.82) is 0 Å². The molecule has 0 radical (unpaired) electrons. The summed E-state index contributed by atoms with van der Waals surface area (Å²) in [6.07, 6.45) is 0. The molecular formula is C16H17BrN8O2. The van der Waals surface area contributed by atoms with Crippen LogP contribution in [0.25, 0.3) is 5.82 Å². The van der Waals surface area contributed by atoms with Crippen LogP contribution in [0.15, 0.2) is 38.5 Å². The average Bonchev–Trinajstić information content (AvgIpc) is 3.25. The van der Waals surface area contributed by atoms with Gasteiger partial charge in [-0.15, -0.1) is 5.10 Å². The molecule has 0 aliphatic heterocycles. The largest absolute Gasteiger partial charge is 0.378 e. The van der Waals surface area contributed by atoms with E-state index in [0.717, 1.165) is 10.0 Å². The van der Waals surface area contributed by atoms with Crippen LogP contribution in [0.1, 0.15) is 48.4 Å². The Bertz CT molecular complexity index is 1010. The Morgan fingerprint density at radius 3 is 2.78 bits per heavy atom. The van der Waals surface area contributed by atoms with Crippen LogP contribution in [-0.2, 0) is 0 Å². The van der Waals surface area contributed by atoms with Crippen LogP contribution in [-0.4, -0.2) is 36.9 Å². The van der Waals surface area contributed by atoms with Crippen LogP contribution in [0.5, 0.6) is 0 Å². The average molecular weight is 433 g/mol. The van der Waals surface area contributed by atoms with Gasteiger partial charge in [0.2, 0.25) is 11.6 Å². The second kappa shape index (κ2) is 7.66. The molecule has 0 saturated heterocycles. The number of hydrazone groups is 1. The summed E-state index contributed by atoms with van der Waals surface area (Å²) in [5.74, 6) is -0.349. The lowest BCUT2D eigenvalue weighted by Gasteiger charge is -2.08. The lowest BCUT2D eigenvalue weighted by atomic mass is 10.1. The number of nitrogens with zero attached hydrogens (tertiary/aromatic N) is 6. The summed E-state index contributed by atoms with van der Waals surface area (Å²) >= 11 is 3.41. The van der Waals surface area contributed by atoms with Gasteiger partial charge in [-0.2, -0.15) is 9.78 Å². The quantitative estimate of drug-likeness (QED) is 0.465. The molecule has 140 valence electrons. The summed E-state index contributed by atoms with van der Waals surface area (Å²) in [6.45, 7) is 5.58. The zero-order valence-corrected chi connectivity index (χ0v) is 16.4. The normalized spacial score (nSPS) is 11.8. The third-order valence-electron chi connectivity index (χ3n) is 3.73. The topological polar surface area (TPSA) is 137 Å². The Kier molecular flexibility index (Phi) is 5.31. The zero-order chi connectivity index (χ0) is 19.6. The van der Waals surface area contributed by atoms with E-state index in [-0.39, 0.29) is 23.2 Å². The predicted molar refractivity (Wildman–Crippen MR) is 102 cm³/mol. The van der Waals surface area contributed by atoms with Gasteiger partial charge in [-0.1, -0.05) is 47.1 Å². The van der Waals surface area contributed by atoms with Crippen LogP contribution in [0.3, 0.4) is 0 Å². The fraction of sp³-hybridized carbons (Fsp3) is 0.250. The molecule has 3 aromatic rings. The number of halogens is 1. The molecule has 11 heteroatoms. The first-order chi connectivity index (χ1) is 12.9. The molecule has 3 N–H and O–H groups in total. The molecule has 0 atom stereocenters. The van der Waals surface area contributed by atoms with Gasteiger partial charge < -0.3 is 5.73 Å². The van der Waals surface area contributed by atoms with Crippen LogP contribution < -0.4 is 11.2 Å². The number of nitrogen functional groups attached to an aromatic ring is 1. The van der Waals surface area contributed by atoms with Crippen molar-refractivity contribution in [1.82, 2.24) is 30.7 Å². The summed E-state index contributed by atoms with van der Waals surface area (Å²) in [4.78, 5) is 12.6. The Labute approximate surface area is 162 Å². The molecule has 0 fully saturated rings. The van der Waals surface area contributed by atoms with Gasteiger partial charge in [0.05, 0.1) is 11.4 Å². The van der Waals surface area contributed by atoms with Gasteiger partial charge in [0.25, 0.3) is 5.91 Å². The Morgan fingerprint density at radius 2 is 2.15 bits per heavy atom. The minimum absolute atomic E-state index is 0.0530. The lowest BCUT2D eigenvalue weighted by Crippen LogP contribution is -2.22. The molecule has 0 aliphatic rings. The number of benzene rings is 1. The van der Waals surface area contributed by atoms with E-state index in [1.807, 2.05) is 38.1 Å². The molecule has 1 amide bonds. The third kappa shape index (κ3) is 3.87. The van der Waals surface area contributed by atoms with Crippen LogP contribution in [0.2, 0.25) is 0 Å². The number of carbonyl (C=O) groups excluding carboxylic acids is 1. The molecule has 1 aromatic carbocycles. The molecule has 2 aromatic heterocycles. The van der Waals surface area contributed by atoms with E-state index < -0.39 is 5.91 Å². The van der Waals surface area contributed by atoms with Crippen LogP contribution in [0.4, 0.5) is 5.82 Å². The smallest absolute Gasteiger partial charge is 0.293 e. The van der Waals surface area contributed by atoms with Crippen LogP contribution in [0, 0.1) is 0 Å². The summed E-state index contributed by atoms with van der Waals surface area (Å²) in [5.41, 5.74) is 10.4. The van der Waals surface area contributed by atoms with Crippen molar-refractivity contribution in [3.05, 3.63) is 45.7 Å². The number of hydrogen-bond acceptors (Lipinski definition) is 8. The maximum absolute atomic E-state index is 12.6. The van der Waals surface area contributed by atoms with Crippen molar-refractivity contribution in [2.45, 2.75) is 26.7 Å². The van der Waals surface area contributed by atoms with Crippen molar-refractivity contribution in [2.75, 3.05) is 5.73 Å². The summed E-state index contributed by atoms with van der Waals surface area (Å²) < 4.78 is 6.87. The van der Waals surface area contributed by atoms with E-state index in [9.17, 15) is 4.79 Å². The Morgan fingerprint density at radius 1 is 1.37 bits per heavy atom.